The van der Waals surface area contributed by atoms with Gasteiger partial charge in [0, 0.05) is 13.1 Å². The van der Waals surface area contributed by atoms with Gasteiger partial charge in [0.15, 0.2) is 0 Å². The van der Waals surface area contributed by atoms with Gasteiger partial charge >= 0.3 is 5.97 Å². The fraction of sp³-hybridized carbons (Fsp3) is 0.500. The summed E-state index contributed by atoms with van der Waals surface area (Å²) in [6, 6.07) is 1.42. The number of hydrogen-bond donors (Lipinski definition) is 3. The number of aromatic carboxylic acids is 1. The highest BCUT2D eigenvalue weighted by Gasteiger charge is 2.13. The van der Waals surface area contributed by atoms with Crippen LogP contribution >= 0.6 is 0 Å². The Balaban J connectivity index is 1.93. The first-order valence-electron chi connectivity index (χ1n) is 6.12. The van der Waals surface area contributed by atoms with Crippen molar-refractivity contribution in [2.45, 2.75) is 12.8 Å². The summed E-state index contributed by atoms with van der Waals surface area (Å²) in [5.74, 6) is -0.630. The zero-order valence-corrected chi connectivity index (χ0v) is 10.2. The summed E-state index contributed by atoms with van der Waals surface area (Å²) in [5, 5.41) is 12.1. The molecule has 6 heteroatoms. The molecule has 2 rings (SSSR count). The maximum atomic E-state index is 11.0. The first kappa shape index (κ1) is 12.6. The zero-order valence-electron chi connectivity index (χ0n) is 10.2. The Morgan fingerprint density at radius 3 is 2.89 bits per heavy atom. The maximum absolute atomic E-state index is 11.0. The number of carboxylic acid groups (broad SMARTS) is 1. The van der Waals surface area contributed by atoms with Crippen LogP contribution in [0.4, 0.5) is 11.5 Å². The number of aromatic nitrogens is 1. The van der Waals surface area contributed by atoms with Crippen LogP contribution in [0.15, 0.2) is 12.3 Å². The molecule has 0 spiro atoms. The molecule has 1 fully saturated rings. The molecule has 1 aromatic heterocycles. The zero-order chi connectivity index (χ0) is 13.0. The Kier molecular flexibility index (Phi) is 3.99. The van der Waals surface area contributed by atoms with Crippen LogP contribution in [0.1, 0.15) is 23.2 Å². The van der Waals surface area contributed by atoms with Crippen molar-refractivity contribution in [1.82, 2.24) is 9.88 Å². The van der Waals surface area contributed by atoms with Gasteiger partial charge in [0.05, 0.1) is 11.9 Å². The van der Waals surface area contributed by atoms with E-state index in [0.717, 1.165) is 19.6 Å². The molecular weight excluding hydrogens is 232 g/mol. The first-order valence-corrected chi connectivity index (χ1v) is 6.12. The van der Waals surface area contributed by atoms with E-state index < -0.39 is 5.97 Å². The van der Waals surface area contributed by atoms with Crippen LogP contribution in [-0.2, 0) is 0 Å². The first-order chi connectivity index (χ1) is 8.66. The summed E-state index contributed by atoms with van der Waals surface area (Å²) in [7, 11) is 0. The molecule has 6 nitrogen and oxygen atoms in total. The van der Waals surface area contributed by atoms with Crippen molar-refractivity contribution < 1.29 is 9.90 Å². The minimum atomic E-state index is -1.02. The number of nitrogens with one attached hydrogen (secondary N) is 1. The van der Waals surface area contributed by atoms with Gasteiger partial charge in [-0.2, -0.15) is 0 Å². The quantitative estimate of drug-likeness (QED) is 0.718. The number of nitrogens with two attached hydrogens (primary N) is 1. The van der Waals surface area contributed by atoms with E-state index in [-0.39, 0.29) is 5.56 Å². The van der Waals surface area contributed by atoms with Gasteiger partial charge in [0.1, 0.15) is 11.4 Å². The predicted molar refractivity (Wildman–Crippen MR) is 69.8 cm³/mol. The molecule has 1 aromatic rings. The van der Waals surface area contributed by atoms with E-state index in [0.29, 0.717) is 18.1 Å². The number of carboxylic acids is 1. The lowest BCUT2D eigenvalue weighted by Crippen LogP contribution is -2.26. The summed E-state index contributed by atoms with van der Waals surface area (Å²) >= 11 is 0. The van der Waals surface area contributed by atoms with E-state index in [1.807, 2.05) is 0 Å². The molecule has 98 valence electrons. The lowest BCUT2D eigenvalue weighted by atomic mass is 10.2. The third kappa shape index (κ3) is 3.10. The van der Waals surface area contributed by atoms with Crippen molar-refractivity contribution in [1.29, 1.82) is 0 Å². The summed E-state index contributed by atoms with van der Waals surface area (Å²) in [4.78, 5) is 17.4. The van der Waals surface area contributed by atoms with Crippen molar-refractivity contribution in [2.75, 3.05) is 37.2 Å². The van der Waals surface area contributed by atoms with Crippen LogP contribution in [-0.4, -0.2) is 47.1 Å². The summed E-state index contributed by atoms with van der Waals surface area (Å²) in [6.07, 6.45) is 3.96. The van der Waals surface area contributed by atoms with Gasteiger partial charge in [-0.15, -0.1) is 0 Å². The Morgan fingerprint density at radius 1 is 1.50 bits per heavy atom. The highest BCUT2D eigenvalue weighted by Crippen LogP contribution is 2.15. The topological polar surface area (TPSA) is 91.5 Å². The summed E-state index contributed by atoms with van der Waals surface area (Å²) in [5.41, 5.74) is 6.01. The Labute approximate surface area is 106 Å². The molecule has 1 saturated heterocycles. The van der Waals surface area contributed by atoms with Gasteiger partial charge in [0.2, 0.25) is 0 Å². The van der Waals surface area contributed by atoms with E-state index in [2.05, 4.69) is 15.2 Å². The lowest BCUT2D eigenvalue weighted by molar-refractivity contribution is 0.0697. The van der Waals surface area contributed by atoms with Crippen LogP contribution in [0.25, 0.3) is 0 Å². The van der Waals surface area contributed by atoms with E-state index in [9.17, 15) is 4.79 Å². The third-order valence-electron chi connectivity index (χ3n) is 3.06. The summed E-state index contributed by atoms with van der Waals surface area (Å²) < 4.78 is 0. The average molecular weight is 250 g/mol. The van der Waals surface area contributed by atoms with Crippen molar-refractivity contribution in [2.24, 2.45) is 0 Å². The minimum absolute atomic E-state index is 0.122. The van der Waals surface area contributed by atoms with Crippen molar-refractivity contribution in [3.05, 3.63) is 17.8 Å². The minimum Gasteiger partial charge on any atom is -0.478 e. The molecule has 4 N–H and O–H groups in total. The van der Waals surface area contributed by atoms with Crippen molar-refractivity contribution >= 4 is 17.5 Å². The molecule has 0 amide bonds. The number of carbonyl (C=O) groups is 1. The standard InChI is InChI=1S/C12H18N4O2/c13-9-7-10(12(17)18)11(15-8-9)14-3-6-16-4-1-2-5-16/h7-8H,1-6,13H2,(H,14,15)(H,17,18). The Hall–Kier alpha value is -1.82. The number of hydrogen-bond acceptors (Lipinski definition) is 5. The second-order valence-electron chi connectivity index (χ2n) is 4.45. The van der Waals surface area contributed by atoms with Gasteiger partial charge < -0.3 is 21.1 Å². The monoisotopic (exact) mass is 250 g/mol. The largest absolute Gasteiger partial charge is 0.478 e. The van der Waals surface area contributed by atoms with E-state index in [1.54, 1.807) is 0 Å². The number of pyridine rings is 1. The van der Waals surface area contributed by atoms with Crippen LogP contribution in [0.2, 0.25) is 0 Å². The molecule has 1 aliphatic heterocycles. The van der Waals surface area contributed by atoms with Gasteiger partial charge in [-0.05, 0) is 32.0 Å². The molecule has 0 saturated carbocycles. The van der Waals surface area contributed by atoms with Crippen LogP contribution < -0.4 is 11.1 Å². The molecule has 0 radical (unpaired) electrons. The lowest BCUT2D eigenvalue weighted by Gasteiger charge is -2.15. The highest BCUT2D eigenvalue weighted by atomic mass is 16.4. The highest BCUT2D eigenvalue weighted by molar-refractivity contribution is 5.94. The molecular formula is C12H18N4O2. The summed E-state index contributed by atoms with van der Waals surface area (Å²) in [6.45, 7) is 3.85. The van der Waals surface area contributed by atoms with Crippen LogP contribution in [0.5, 0.6) is 0 Å². The molecule has 0 unspecified atom stereocenters. The van der Waals surface area contributed by atoms with E-state index in [4.69, 9.17) is 10.8 Å². The number of nitrogens with zero attached hydrogens (tertiary/aromatic N) is 2. The Morgan fingerprint density at radius 2 is 2.22 bits per heavy atom. The van der Waals surface area contributed by atoms with Crippen molar-refractivity contribution in [3.63, 3.8) is 0 Å². The number of rotatable bonds is 5. The normalized spacial score (nSPS) is 15.8. The predicted octanol–water partition coefficient (Wildman–Crippen LogP) is 0.870. The third-order valence-corrected chi connectivity index (χ3v) is 3.06. The number of nitrogen functional groups attached to an aromatic ring is 1. The van der Waals surface area contributed by atoms with Crippen LogP contribution in [0, 0.1) is 0 Å². The SMILES string of the molecule is Nc1cnc(NCCN2CCCC2)c(C(=O)O)c1. The van der Waals surface area contributed by atoms with Gasteiger partial charge in [-0.1, -0.05) is 0 Å². The van der Waals surface area contributed by atoms with Gasteiger partial charge in [-0.3, -0.25) is 0 Å². The second-order valence-corrected chi connectivity index (χ2v) is 4.45. The molecule has 0 atom stereocenters. The number of anilines is 2. The fourth-order valence-electron chi connectivity index (χ4n) is 2.12. The molecule has 1 aliphatic rings. The molecule has 0 aliphatic carbocycles. The molecule has 18 heavy (non-hydrogen) atoms. The molecule has 0 aromatic carbocycles. The van der Waals surface area contributed by atoms with E-state index >= 15 is 0 Å². The molecule has 0 bridgehead atoms. The maximum Gasteiger partial charge on any atom is 0.339 e. The second kappa shape index (κ2) is 5.68. The van der Waals surface area contributed by atoms with Gasteiger partial charge in [0.25, 0.3) is 0 Å². The Bertz CT molecular complexity index is 430. The smallest absolute Gasteiger partial charge is 0.339 e. The van der Waals surface area contributed by atoms with Crippen molar-refractivity contribution in [3.8, 4) is 0 Å². The average Bonchev–Trinajstić information content (AvgIpc) is 2.84. The number of likely N-dealkylation sites (tertiary alicyclic amines) is 1. The molecule has 2 heterocycles. The fourth-order valence-corrected chi connectivity index (χ4v) is 2.12. The van der Waals surface area contributed by atoms with Gasteiger partial charge in [-0.25, -0.2) is 9.78 Å². The van der Waals surface area contributed by atoms with Crippen LogP contribution in [0.3, 0.4) is 0 Å². The van der Waals surface area contributed by atoms with E-state index in [1.165, 1.54) is 25.1 Å².